The number of halogens is 1. The number of carbonyl (C=O) groups is 2. The molecule has 1 heterocycles. The zero-order valence-corrected chi connectivity index (χ0v) is 22.5. The molecule has 1 amide bonds. The van der Waals surface area contributed by atoms with E-state index in [0.717, 1.165) is 0 Å². The van der Waals surface area contributed by atoms with Gasteiger partial charge in [0, 0.05) is 22.7 Å². The van der Waals surface area contributed by atoms with Gasteiger partial charge in [-0.1, -0.05) is 32.0 Å². The number of pyridine rings is 1. The Morgan fingerprint density at radius 2 is 1.73 bits per heavy atom. The van der Waals surface area contributed by atoms with Crippen LogP contribution in [0.15, 0.2) is 42.6 Å². The summed E-state index contributed by atoms with van der Waals surface area (Å²) in [6.07, 6.45) is 0.926. The van der Waals surface area contributed by atoms with Crippen LogP contribution in [0.4, 0.5) is 9.18 Å². The van der Waals surface area contributed by atoms with E-state index in [9.17, 15) is 9.59 Å². The lowest BCUT2D eigenvalue weighted by Crippen LogP contribution is -2.34. The first kappa shape index (κ1) is 27.9. The molecular formula is C29H35FN2O5. The Hall–Kier alpha value is -3.68. The number of rotatable bonds is 9. The van der Waals surface area contributed by atoms with Crippen LogP contribution in [0, 0.1) is 11.7 Å². The van der Waals surface area contributed by atoms with Crippen molar-refractivity contribution in [2.24, 2.45) is 5.92 Å². The second-order valence-corrected chi connectivity index (χ2v) is 10.2. The first-order valence-electron chi connectivity index (χ1n) is 12.4. The fraction of sp³-hybridized carbons (Fsp3) is 0.414. The summed E-state index contributed by atoms with van der Waals surface area (Å²) in [5, 5.41) is 3.99. The number of hydrogen-bond acceptors (Lipinski definition) is 6. The number of ketones is 1. The molecule has 0 aliphatic rings. The highest BCUT2D eigenvalue weighted by Gasteiger charge is 2.26. The minimum absolute atomic E-state index is 0.0694. The number of fused-ring (bicyclic) bond motifs is 1. The van der Waals surface area contributed by atoms with E-state index < -0.39 is 29.3 Å². The molecule has 8 heteroatoms. The van der Waals surface area contributed by atoms with E-state index in [-0.39, 0.29) is 23.8 Å². The van der Waals surface area contributed by atoms with E-state index in [4.69, 9.17) is 14.2 Å². The molecule has 1 N–H and O–H groups in total. The molecule has 0 aliphatic carbocycles. The normalized spacial score (nSPS) is 12.4. The molecule has 3 rings (SSSR count). The van der Waals surface area contributed by atoms with Crippen LogP contribution >= 0.6 is 0 Å². The number of nitrogens with zero attached hydrogens (tertiary/aromatic N) is 1. The topological polar surface area (TPSA) is 86.8 Å². The highest BCUT2D eigenvalue weighted by atomic mass is 19.1. The van der Waals surface area contributed by atoms with Crippen LogP contribution < -0.4 is 14.8 Å². The number of alkyl carbamates (subject to hydrolysis) is 1. The Bertz CT molecular complexity index is 1280. The number of ether oxygens (including phenoxy) is 3. The molecule has 0 saturated carbocycles. The van der Waals surface area contributed by atoms with Gasteiger partial charge in [-0.05, 0) is 64.1 Å². The van der Waals surface area contributed by atoms with Crippen molar-refractivity contribution in [3.05, 3.63) is 65.1 Å². The van der Waals surface area contributed by atoms with E-state index >= 15 is 4.39 Å². The summed E-state index contributed by atoms with van der Waals surface area (Å²) in [4.78, 5) is 30.2. The molecule has 0 fully saturated rings. The standard InChI is InChI=1S/C29H35FN2O5/c1-8-35-27-22-11-9-10-21(20(22)14-15-31-27)25(33)23-13-12-19(26(24(23)30)36-16-17(2)3)18(4)32-28(34)37-29(5,6)7/h9-15,17-18H,8,16H2,1-7H3,(H,32,34). The molecule has 0 bridgehead atoms. The molecule has 198 valence electrons. The van der Waals surface area contributed by atoms with Crippen molar-refractivity contribution in [3.8, 4) is 11.6 Å². The van der Waals surface area contributed by atoms with Crippen molar-refractivity contribution in [1.82, 2.24) is 10.3 Å². The molecule has 2 aromatic carbocycles. The molecule has 0 aliphatic heterocycles. The van der Waals surface area contributed by atoms with Crippen molar-refractivity contribution in [3.63, 3.8) is 0 Å². The largest absolute Gasteiger partial charge is 0.490 e. The number of benzene rings is 2. The number of nitrogens with one attached hydrogen (secondary N) is 1. The van der Waals surface area contributed by atoms with Crippen LogP contribution in [0.5, 0.6) is 11.6 Å². The van der Waals surface area contributed by atoms with Crippen molar-refractivity contribution in [2.75, 3.05) is 13.2 Å². The Labute approximate surface area is 217 Å². The molecule has 3 aromatic rings. The molecule has 1 unspecified atom stereocenters. The van der Waals surface area contributed by atoms with Gasteiger partial charge in [-0.2, -0.15) is 0 Å². The number of carbonyl (C=O) groups excluding carboxylic acids is 2. The van der Waals surface area contributed by atoms with Crippen molar-refractivity contribution >= 4 is 22.6 Å². The van der Waals surface area contributed by atoms with Crippen molar-refractivity contribution in [1.29, 1.82) is 0 Å². The zero-order valence-electron chi connectivity index (χ0n) is 22.5. The predicted octanol–water partition coefficient (Wildman–Crippen LogP) is 6.62. The van der Waals surface area contributed by atoms with E-state index in [1.807, 2.05) is 26.8 Å². The number of amides is 1. The monoisotopic (exact) mass is 510 g/mol. The SMILES string of the molecule is CCOc1nccc2c(C(=O)c3ccc(C(C)NC(=O)OC(C)(C)C)c(OCC(C)C)c3F)cccc12. The molecule has 0 saturated heterocycles. The highest BCUT2D eigenvalue weighted by molar-refractivity contribution is 6.17. The van der Waals surface area contributed by atoms with Crippen LogP contribution in [0.3, 0.4) is 0 Å². The van der Waals surface area contributed by atoms with Gasteiger partial charge in [-0.25, -0.2) is 14.2 Å². The lowest BCUT2D eigenvalue weighted by atomic mass is 9.95. The fourth-order valence-electron chi connectivity index (χ4n) is 3.82. The minimum atomic E-state index is -0.780. The van der Waals surface area contributed by atoms with Crippen LogP contribution in [-0.2, 0) is 4.74 Å². The van der Waals surface area contributed by atoms with Crippen LogP contribution in [0.25, 0.3) is 10.8 Å². The van der Waals surface area contributed by atoms with Crippen molar-refractivity contribution in [2.45, 2.75) is 60.1 Å². The van der Waals surface area contributed by atoms with E-state index in [0.29, 0.717) is 34.4 Å². The summed E-state index contributed by atoms with van der Waals surface area (Å²) in [6.45, 7) is 13.4. The van der Waals surface area contributed by atoms with Crippen LogP contribution in [0.2, 0.25) is 0 Å². The highest BCUT2D eigenvalue weighted by Crippen LogP contribution is 2.34. The number of hydrogen-bond donors (Lipinski definition) is 1. The first-order valence-corrected chi connectivity index (χ1v) is 12.4. The summed E-state index contributed by atoms with van der Waals surface area (Å²) < 4.78 is 32.7. The van der Waals surface area contributed by atoms with Gasteiger partial charge >= 0.3 is 6.09 Å². The summed E-state index contributed by atoms with van der Waals surface area (Å²) in [7, 11) is 0. The summed E-state index contributed by atoms with van der Waals surface area (Å²) in [6, 6.07) is 9.28. The second kappa shape index (κ2) is 11.6. The van der Waals surface area contributed by atoms with Crippen LogP contribution in [-0.4, -0.2) is 35.7 Å². The predicted molar refractivity (Wildman–Crippen MR) is 141 cm³/mol. The summed E-state index contributed by atoms with van der Waals surface area (Å²) >= 11 is 0. The van der Waals surface area contributed by atoms with Gasteiger partial charge in [0.1, 0.15) is 5.60 Å². The zero-order chi connectivity index (χ0) is 27.3. The first-order chi connectivity index (χ1) is 17.4. The number of aromatic nitrogens is 1. The molecule has 1 atom stereocenters. The maximum absolute atomic E-state index is 16.0. The fourth-order valence-corrected chi connectivity index (χ4v) is 3.82. The Morgan fingerprint density at radius 3 is 2.38 bits per heavy atom. The van der Waals surface area contributed by atoms with Crippen LogP contribution in [0.1, 0.15) is 76.0 Å². The Kier molecular flexibility index (Phi) is 8.73. The molecule has 0 spiro atoms. The maximum atomic E-state index is 16.0. The third-order valence-corrected chi connectivity index (χ3v) is 5.43. The van der Waals surface area contributed by atoms with Gasteiger partial charge in [0.05, 0.1) is 24.8 Å². The van der Waals surface area contributed by atoms with Gasteiger partial charge in [0.2, 0.25) is 5.88 Å². The molecule has 1 aromatic heterocycles. The third-order valence-electron chi connectivity index (χ3n) is 5.43. The van der Waals surface area contributed by atoms with E-state index in [1.54, 1.807) is 58.2 Å². The van der Waals surface area contributed by atoms with Gasteiger partial charge in [-0.15, -0.1) is 0 Å². The average molecular weight is 511 g/mol. The quantitative estimate of drug-likeness (QED) is 0.325. The molecule has 7 nitrogen and oxygen atoms in total. The average Bonchev–Trinajstić information content (AvgIpc) is 2.81. The van der Waals surface area contributed by atoms with Gasteiger partial charge in [-0.3, -0.25) is 4.79 Å². The third kappa shape index (κ3) is 6.76. The minimum Gasteiger partial charge on any atom is -0.490 e. The Morgan fingerprint density at radius 1 is 1.00 bits per heavy atom. The smallest absolute Gasteiger partial charge is 0.408 e. The lowest BCUT2D eigenvalue weighted by molar-refractivity contribution is 0.0506. The molecule has 0 radical (unpaired) electrons. The van der Waals surface area contributed by atoms with E-state index in [1.165, 1.54) is 6.07 Å². The van der Waals surface area contributed by atoms with Gasteiger partial charge in [0.15, 0.2) is 17.3 Å². The van der Waals surface area contributed by atoms with E-state index in [2.05, 4.69) is 10.3 Å². The molecule has 37 heavy (non-hydrogen) atoms. The van der Waals surface area contributed by atoms with Crippen molar-refractivity contribution < 1.29 is 28.2 Å². The van der Waals surface area contributed by atoms with Gasteiger partial charge in [0.25, 0.3) is 0 Å². The van der Waals surface area contributed by atoms with Gasteiger partial charge < -0.3 is 19.5 Å². The maximum Gasteiger partial charge on any atom is 0.408 e. The molecular weight excluding hydrogens is 475 g/mol. The lowest BCUT2D eigenvalue weighted by Gasteiger charge is -2.24. The summed E-state index contributed by atoms with van der Waals surface area (Å²) in [5.41, 5.74) is -0.0870. The Balaban J connectivity index is 2.04. The summed E-state index contributed by atoms with van der Waals surface area (Å²) in [5.74, 6) is -0.820. The second-order valence-electron chi connectivity index (χ2n) is 10.2.